The van der Waals surface area contributed by atoms with Gasteiger partial charge in [-0.2, -0.15) is 0 Å². The second-order valence-electron chi connectivity index (χ2n) is 6.95. The number of nitrogens with zero attached hydrogens (tertiary/aromatic N) is 2. The summed E-state index contributed by atoms with van der Waals surface area (Å²) in [5.74, 6) is -1.23. The Labute approximate surface area is 167 Å². The lowest BCUT2D eigenvalue weighted by molar-refractivity contribution is -0.132. The predicted octanol–water partition coefficient (Wildman–Crippen LogP) is 1.95. The third-order valence-electron chi connectivity index (χ3n) is 5.28. The average Bonchev–Trinajstić information content (AvgIpc) is 2.91. The van der Waals surface area contributed by atoms with Crippen molar-refractivity contribution in [2.45, 2.75) is 24.3 Å². The van der Waals surface area contributed by atoms with Crippen LogP contribution < -0.4 is 4.74 Å². The molecule has 0 saturated carbocycles. The SMILES string of the molecule is COc1cc2c(cc1F)CN(C(=O)CCN1C(=O)c3ccccc3S1(=O)=O)CC2. The van der Waals surface area contributed by atoms with Crippen molar-refractivity contribution < 1.29 is 27.1 Å². The van der Waals surface area contributed by atoms with Crippen LogP contribution in [0.1, 0.15) is 27.9 Å². The van der Waals surface area contributed by atoms with Crippen LogP contribution in [0.3, 0.4) is 0 Å². The number of benzene rings is 2. The first-order chi connectivity index (χ1) is 13.8. The van der Waals surface area contributed by atoms with Gasteiger partial charge in [-0.3, -0.25) is 9.59 Å². The summed E-state index contributed by atoms with van der Waals surface area (Å²) >= 11 is 0. The largest absolute Gasteiger partial charge is 0.494 e. The van der Waals surface area contributed by atoms with Crippen LogP contribution >= 0.6 is 0 Å². The highest BCUT2D eigenvalue weighted by molar-refractivity contribution is 7.90. The molecular formula is C20H19FN2O5S. The summed E-state index contributed by atoms with van der Waals surface area (Å²) in [6, 6.07) is 8.99. The van der Waals surface area contributed by atoms with Gasteiger partial charge in [0.15, 0.2) is 11.6 Å². The molecule has 2 aliphatic rings. The summed E-state index contributed by atoms with van der Waals surface area (Å²) in [6.07, 6.45) is 0.414. The monoisotopic (exact) mass is 418 g/mol. The molecule has 4 rings (SSSR count). The molecule has 29 heavy (non-hydrogen) atoms. The summed E-state index contributed by atoms with van der Waals surface area (Å²) < 4.78 is 44.9. The van der Waals surface area contributed by atoms with E-state index in [0.717, 1.165) is 9.87 Å². The average molecular weight is 418 g/mol. The van der Waals surface area contributed by atoms with Crippen molar-refractivity contribution in [1.29, 1.82) is 0 Å². The molecule has 2 aromatic rings. The van der Waals surface area contributed by atoms with E-state index in [9.17, 15) is 22.4 Å². The third kappa shape index (κ3) is 3.25. The van der Waals surface area contributed by atoms with E-state index in [0.29, 0.717) is 18.5 Å². The molecule has 0 unspecified atom stereocenters. The standard InChI is InChI=1S/C20H19FN2O5S/c1-28-17-11-13-6-8-22(12-14(13)10-16(17)21)19(24)7-9-23-20(25)15-4-2-3-5-18(15)29(23,26)27/h2-5,10-11H,6-9,12H2,1H3. The highest BCUT2D eigenvalue weighted by atomic mass is 32.2. The first-order valence-electron chi connectivity index (χ1n) is 9.12. The van der Waals surface area contributed by atoms with Gasteiger partial charge in [-0.25, -0.2) is 17.1 Å². The Hall–Kier alpha value is -2.94. The van der Waals surface area contributed by atoms with Crippen molar-refractivity contribution in [3.05, 3.63) is 58.9 Å². The topological polar surface area (TPSA) is 84.0 Å². The molecule has 2 heterocycles. The maximum atomic E-state index is 14.0. The number of carbonyl (C=O) groups excluding carboxylic acids is 2. The van der Waals surface area contributed by atoms with Crippen LogP contribution in [-0.2, 0) is 27.8 Å². The van der Waals surface area contributed by atoms with E-state index >= 15 is 0 Å². The molecule has 0 aliphatic carbocycles. The van der Waals surface area contributed by atoms with Gasteiger partial charge >= 0.3 is 0 Å². The van der Waals surface area contributed by atoms with Crippen LogP contribution in [-0.4, -0.2) is 49.6 Å². The number of sulfonamides is 1. The molecule has 2 aliphatic heterocycles. The van der Waals surface area contributed by atoms with Crippen LogP contribution in [0.15, 0.2) is 41.3 Å². The normalized spacial score (nSPS) is 17.1. The molecule has 2 amide bonds. The van der Waals surface area contributed by atoms with Gasteiger partial charge in [0.2, 0.25) is 5.91 Å². The Morgan fingerprint density at radius 2 is 1.97 bits per heavy atom. The number of hydrogen-bond donors (Lipinski definition) is 0. The molecule has 0 aromatic heterocycles. The van der Waals surface area contributed by atoms with Gasteiger partial charge in [-0.1, -0.05) is 12.1 Å². The van der Waals surface area contributed by atoms with E-state index in [1.165, 1.54) is 25.3 Å². The van der Waals surface area contributed by atoms with Crippen LogP contribution in [0.25, 0.3) is 0 Å². The number of hydrogen-bond acceptors (Lipinski definition) is 5. The molecule has 2 aromatic carbocycles. The van der Waals surface area contributed by atoms with Crippen molar-refractivity contribution in [3.63, 3.8) is 0 Å². The maximum absolute atomic E-state index is 14.0. The number of rotatable bonds is 4. The second-order valence-corrected chi connectivity index (χ2v) is 8.78. The van der Waals surface area contributed by atoms with Crippen molar-refractivity contribution >= 4 is 21.8 Å². The van der Waals surface area contributed by atoms with Crippen molar-refractivity contribution in [2.75, 3.05) is 20.2 Å². The maximum Gasteiger partial charge on any atom is 0.269 e. The highest BCUT2D eigenvalue weighted by Gasteiger charge is 2.41. The molecule has 0 saturated heterocycles. The highest BCUT2D eigenvalue weighted by Crippen LogP contribution is 2.30. The summed E-state index contributed by atoms with van der Waals surface area (Å²) in [5, 5.41) is 0. The number of halogens is 1. The molecule has 152 valence electrons. The lowest BCUT2D eigenvalue weighted by Crippen LogP contribution is -2.39. The Bertz CT molecular complexity index is 1120. The van der Waals surface area contributed by atoms with E-state index in [4.69, 9.17) is 4.74 Å². The van der Waals surface area contributed by atoms with E-state index < -0.39 is 21.7 Å². The fraction of sp³-hybridized carbons (Fsp3) is 0.300. The molecule has 0 radical (unpaired) electrons. The number of methoxy groups -OCH3 is 1. The Morgan fingerprint density at radius 1 is 1.21 bits per heavy atom. The van der Waals surface area contributed by atoms with E-state index in [1.54, 1.807) is 23.1 Å². The molecule has 9 heteroatoms. The Kier molecular flexibility index (Phi) is 4.77. The summed E-state index contributed by atoms with van der Waals surface area (Å²) in [6.45, 7) is 0.437. The van der Waals surface area contributed by atoms with Crippen LogP contribution in [0.2, 0.25) is 0 Å². The molecule has 7 nitrogen and oxygen atoms in total. The Morgan fingerprint density at radius 3 is 2.69 bits per heavy atom. The fourth-order valence-electron chi connectivity index (χ4n) is 3.73. The summed E-state index contributed by atoms with van der Waals surface area (Å²) in [7, 11) is -2.54. The Balaban J connectivity index is 1.45. The fourth-order valence-corrected chi connectivity index (χ4v) is 5.30. The smallest absolute Gasteiger partial charge is 0.269 e. The minimum atomic E-state index is -3.93. The number of fused-ring (bicyclic) bond motifs is 2. The zero-order valence-corrected chi connectivity index (χ0v) is 16.5. The van der Waals surface area contributed by atoms with E-state index in [-0.39, 0.29) is 41.6 Å². The molecule has 0 bridgehead atoms. The van der Waals surface area contributed by atoms with E-state index in [1.807, 2.05) is 0 Å². The van der Waals surface area contributed by atoms with Gasteiger partial charge in [-0.05, 0) is 41.8 Å². The van der Waals surface area contributed by atoms with Gasteiger partial charge in [0.05, 0.1) is 12.7 Å². The van der Waals surface area contributed by atoms with Crippen LogP contribution in [0.4, 0.5) is 4.39 Å². The lowest BCUT2D eigenvalue weighted by atomic mass is 9.99. The van der Waals surface area contributed by atoms with Crippen LogP contribution in [0.5, 0.6) is 5.75 Å². The summed E-state index contributed by atoms with van der Waals surface area (Å²) in [4.78, 5) is 26.6. The molecular weight excluding hydrogens is 399 g/mol. The van der Waals surface area contributed by atoms with Gasteiger partial charge in [0.25, 0.3) is 15.9 Å². The van der Waals surface area contributed by atoms with Crippen LogP contribution in [0, 0.1) is 5.82 Å². The minimum absolute atomic E-state index is 0.0335. The first kappa shape index (κ1) is 19.4. The van der Waals surface area contributed by atoms with Crippen molar-refractivity contribution in [2.24, 2.45) is 0 Å². The third-order valence-corrected chi connectivity index (χ3v) is 7.12. The zero-order chi connectivity index (χ0) is 20.8. The first-order valence-corrected chi connectivity index (χ1v) is 10.6. The number of amides is 2. The minimum Gasteiger partial charge on any atom is -0.494 e. The van der Waals surface area contributed by atoms with Gasteiger partial charge in [-0.15, -0.1) is 0 Å². The van der Waals surface area contributed by atoms with Gasteiger partial charge in [0.1, 0.15) is 4.90 Å². The van der Waals surface area contributed by atoms with E-state index in [2.05, 4.69) is 0 Å². The van der Waals surface area contributed by atoms with Gasteiger partial charge < -0.3 is 9.64 Å². The van der Waals surface area contributed by atoms with Crippen molar-refractivity contribution in [1.82, 2.24) is 9.21 Å². The number of ether oxygens (including phenoxy) is 1. The summed E-state index contributed by atoms with van der Waals surface area (Å²) in [5.41, 5.74) is 1.73. The molecule has 0 atom stereocenters. The number of carbonyl (C=O) groups is 2. The predicted molar refractivity (Wildman–Crippen MR) is 101 cm³/mol. The molecule has 0 spiro atoms. The zero-order valence-electron chi connectivity index (χ0n) is 15.7. The molecule has 0 N–H and O–H groups in total. The second kappa shape index (κ2) is 7.14. The quantitative estimate of drug-likeness (QED) is 0.758. The van der Waals surface area contributed by atoms with Crippen molar-refractivity contribution in [3.8, 4) is 5.75 Å². The molecule has 0 fully saturated rings. The lowest BCUT2D eigenvalue weighted by Gasteiger charge is -2.29. The van der Waals surface area contributed by atoms with Gasteiger partial charge in [0, 0.05) is 26.1 Å².